The normalized spacial score (nSPS) is 27.7. The van der Waals surface area contributed by atoms with Crippen LogP contribution in [0.4, 0.5) is 11.4 Å². The summed E-state index contributed by atoms with van der Waals surface area (Å²) in [6.07, 6.45) is 0. The van der Waals surface area contributed by atoms with Crippen molar-refractivity contribution in [3.63, 3.8) is 0 Å². The fourth-order valence-electron chi connectivity index (χ4n) is 2.72. The molecule has 3 rings (SSSR count). The van der Waals surface area contributed by atoms with Gasteiger partial charge < -0.3 is 9.80 Å². The van der Waals surface area contributed by atoms with Gasteiger partial charge in [-0.15, -0.1) is 0 Å². The molecule has 0 radical (unpaired) electrons. The van der Waals surface area contributed by atoms with Gasteiger partial charge in [0.15, 0.2) is 15.0 Å². The predicted octanol–water partition coefficient (Wildman–Crippen LogP) is 1.41. The van der Waals surface area contributed by atoms with Crippen molar-refractivity contribution in [2.75, 3.05) is 35.4 Å². The third-order valence-corrected chi connectivity index (χ3v) is 6.86. The van der Waals surface area contributed by atoms with Crippen LogP contribution in [0, 0.1) is 5.41 Å². The molecule has 0 spiro atoms. The molecule has 1 aromatic rings. The monoisotopic (exact) mass is 311 g/mol. The molecule has 0 bridgehead atoms. The second-order valence-electron chi connectivity index (χ2n) is 5.39. The molecule has 1 aromatic carbocycles. The van der Waals surface area contributed by atoms with Crippen LogP contribution in [0.25, 0.3) is 0 Å². The number of hydrogen-bond acceptors (Lipinski definition) is 5. The van der Waals surface area contributed by atoms with Gasteiger partial charge in [-0.3, -0.25) is 5.41 Å². The first-order valence-electron chi connectivity index (χ1n) is 6.40. The standard InChI is InChI=1S/C13H17N3O2S2/c1-15(2)9-3-5-10(6-4-9)16-11-7-20(17,18)8-12(11)19-13(16)14/h3-6,11-12,14H,7-8H2,1-2H3/t11-,12+/m1/s1. The molecule has 2 aliphatic heterocycles. The van der Waals surface area contributed by atoms with Crippen molar-refractivity contribution in [3.8, 4) is 0 Å². The summed E-state index contributed by atoms with van der Waals surface area (Å²) < 4.78 is 23.5. The molecule has 2 atom stereocenters. The lowest BCUT2D eigenvalue weighted by Crippen LogP contribution is -2.37. The van der Waals surface area contributed by atoms with E-state index in [0.717, 1.165) is 11.4 Å². The van der Waals surface area contributed by atoms with Gasteiger partial charge in [0.2, 0.25) is 0 Å². The number of sulfone groups is 1. The van der Waals surface area contributed by atoms with Gasteiger partial charge in [0.05, 0.1) is 17.5 Å². The van der Waals surface area contributed by atoms with E-state index in [2.05, 4.69) is 0 Å². The number of hydrogen-bond donors (Lipinski definition) is 1. The fourth-order valence-corrected chi connectivity index (χ4v) is 6.51. The minimum Gasteiger partial charge on any atom is -0.378 e. The Morgan fingerprint density at radius 3 is 2.50 bits per heavy atom. The number of benzene rings is 1. The third-order valence-electron chi connectivity index (χ3n) is 3.73. The highest BCUT2D eigenvalue weighted by Gasteiger charge is 2.48. The van der Waals surface area contributed by atoms with Gasteiger partial charge in [0.25, 0.3) is 0 Å². The van der Waals surface area contributed by atoms with E-state index in [0.29, 0.717) is 5.17 Å². The summed E-state index contributed by atoms with van der Waals surface area (Å²) in [5.74, 6) is 0.347. The van der Waals surface area contributed by atoms with E-state index in [-0.39, 0.29) is 22.8 Å². The lowest BCUT2D eigenvalue weighted by atomic mass is 10.2. The summed E-state index contributed by atoms with van der Waals surface area (Å²) >= 11 is 1.37. The summed E-state index contributed by atoms with van der Waals surface area (Å²) in [6.45, 7) is 0. The third kappa shape index (κ3) is 2.29. The van der Waals surface area contributed by atoms with E-state index < -0.39 is 9.84 Å². The molecule has 2 heterocycles. The van der Waals surface area contributed by atoms with Crippen molar-refractivity contribution in [1.29, 1.82) is 5.41 Å². The second kappa shape index (κ2) is 4.66. The van der Waals surface area contributed by atoms with Crippen molar-refractivity contribution >= 4 is 38.1 Å². The summed E-state index contributed by atoms with van der Waals surface area (Å²) in [5.41, 5.74) is 1.99. The first-order valence-corrected chi connectivity index (χ1v) is 9.10. The van der Waals surface area contributed by atoms with Crippen molar-refractivity contribution in [1.82, 2.24) is 0 Å². The summed E-state index contributed by atoms with van der Waals surface area (Å²) in [7, 11) is 0.990. The van der Waals surface area contributed by atoms with Gasteiger partial charge >= 0.3 is 0 Å². The molecule has 0 aliphatic carbocycles. The lowest BCUT2D eigenvalue weighted by molar-refractivity contribution is 0.601. The van der Waals surface area contributed by atoms with Crippen molar-refractivity contribution < 1.29 is 8.42 Å². The molecule has 2 fully saturated rings. The van der Waals surface area contributed by atoms with Crippen LogP contribution in [-0.4, -0.2) is 50.5 Å². The van der Waals surface area contributed by atoms with Crippen LogP contribution in [0.2, 0.25) is 0 Å². The van der Waals surface area contributed by atoms with Gasteiger partial charge in [0.1, 0.15) is 0 Å². The lowest BCUT2D eigenvalue weighted by Gasteiger charge is -2.24. The molecular formula is C13H17N3O2S2. The minimum atomic E-state index is -2.96. The van der Waals surface area contributed by atoms with Gasteiger partial charge in [-0.2, -0.15) is 0 Å². The van der Waals surface area contributed by atoms with Crippen LogP contribution in [-0.2, 0) is 9.84 Å². The topological polar surface area (TPSA) is 64.5 Å². The number of fused-ring (bicyclic) bond motifs is 1. The maximum atomic E-state index is 11.8. The van der Waals surface area contributed by atoms with Gasteiger partial charge in [-0.05, 0) is 24.3 Å². The van der Waals surface area contributed by atoms with Gasteiger partial charge in [-0.1, -0.05) is 11.8 Å². The number of amidine groups is 1. The average Bonchev–Trinajstić information content (AvgIpc) is 2.79. The predicted molar refractivity (Wildman–Crippen MR) is 84.8 cm³/mol. The van der Waals surface area contributed by atoms with E-state index in [1.54, 1.807) is 0 Å². The molecule has 20 heavy (non-hydrogen) atoms. The van der Waals surface area contributed by atoms with Crippen molar-refractivity contribution in [2.45, 2.75) is 11.3 Å². The Bertz CT molecular complexity index is 640. The van der Waals surface area contributed by atoms with Crippen LogP contribution >= 0.6 is 11.8 Å². The molecule has 0 aromatic heterocycles. The second-order valence-corrected chi connectivity index (χ2v) is 8.77. The quantitative estimate of drug-likeness (QED) is 0.894. The first kappa shape index (κ1) is 13.8. The Hall–Kier alpha value is -1.21. The van der Waals surface area contributed by atoms with E-state index in [1.807, 2.05) is 48.2 Å². The Morgan fingerprint density at radius 2 is 1.90 bits per heavy atom. The molecule has 2 aliphatic rings. The molecule has 7 heteroatoms. The smallest absolute Gasteiger partial charge is 0.161 e. The maximum Gasteiger partial charge on any atom is 0.161 e. The van der Waals surface area contributed by atoms with Crippen LogP contribution in [0.3, 0.4) is 0 Å². The van der Waals surface area contributed by atoms with E-state index >= 15 is 0 Å². The number of thioether (sulfide) groups is 1. The van der Waals surface area contributed by atoms with Crippen LogP contribution in [0.1, 0.15) is 0 Å². The Balaban J connectivity index is 1.91. The van der Waals surface area contributed by atoms with E-state index in [1.165, 1.54) is 11.8 Å². The van der Waals surface area contributed by atoms with E-state index in [9.17, 15) is 8.42 Å². The zero-order valence-corrected chi connectivity index (χ0v) is 13.0. The molecule has 2 saturated heterocycles. The van der Waals surface area contributed by atoms with Crippen molar-refractivity contribution in [3.05, 3.63) is 24.3 Å². The summed E-state index contributed by atoms with van der Waals surface area (Å²) in [6, 6.07) is 7.80. The minimum absolute atomic E-state index is 0.000949. The zero-order valence-electron chi connectivity index (χ0n) is 11.4. The van der Waals surface area contributed by atoms with Crippen molar-refractivity contribution in [2.24, 2.45) is 0 Å². The van der Waals surface area contributed by atoms with E-state index in [4.69, 9.17) is 5.41 Å². The molecule has 0 amide bonds. The molecular weight excluding hydrogens is 294 g/mol. The van der Waals surface area contributed by atoms with Crippen LogP contribution in [0.15, 0.2) is 24.3 Å². The van der Waals surface area contributed by atoms with Gasteiger partial charge in [0, 0.05) is 30.7 Å². The highest BCUT2D eigenvalue weighted by atomic mass is 32.2. The SMILES string of the molecule is CN(C)c1ccc(N2C(=N)S[C@H]3CS(=O)(=O)C[C@H]32)cc1. The Labute approximate surface area is 123 Å². The molecule has 0 unspecified atom stereocenters. The number of nitrogens with zero attached hydrogens (tertiary/aromatic N) is 2. The molecule has 108 valence electrons. The number of rotatable bonds is 2. The largest absolute Gasteiger partial charge is 0.378 e. The fraction of sp³-hybridized carbons (Fsp3) is 0.462. The number of nitrogens with one attached hydrogen (secondary N) is 1. The van der Waals surface area contributed by atoms with Crippen LogP contribution in [0.5, 0.6) is 0 Å². The maximum absolute atomic E-state index is 11.8. The Kier molecular flexibility index (Phi) is 3.21. The highest BCUT2D eigenvalue weighted by molar-refractivity contribution is 8.15. The molecule has 1 N–H and O–H groups in total. The van der Waals surface area contributed by atoms with Gasteiger partial charge in [-0.25, -0.2) is 8.42 Å². The van der Waals surface area contributed by atoms with Crippen LogP contribution < -0.4 is 9.80 Å². The average molecular weight is 311 g/mol. The summed E-state index contributed by atoms with van der Waals surface area (Å²) in [4.78, 5) is 3.87. The number of anilines is 2. The zero-order chi connectivity index (χ0) is 14.5. The first-order chi connectivity index (χ1) is 9.37. The Morgan fingerprint density at radius 1 is 1.25 bits per heavy atom. The summed E-state index contributed by atoms with van der Waals surface area (Å²) in [5, 5.41) is 8.54. The molecule has 5 nitrogen and oxygen atoms in total. The molecule has 0 saturated carbocycles. The highest BCUT2D eigenvalue weighted by Crippen LogP contribution is 2.40.